The average molecular weight is 394 g/mol. The molecular formula is C20H31N3O3S. The van der Waals surface area contributed by atoms with Crippen LogP contribution in [0.25, 0.3) is 0 Å². The second kappa shape index (κ2) is 8.61. The number of hydrogen-bond donors (Lipinski definition) is 0. The molecule has 0 aromatic heterocycles. The lowest BCUT2D eigenvalue weighted by atomic mass is 10.2. The molecule has 1 heterocycles. The highest BCUT2D eigenvalue weighted by atomic mass is 32.2. The number of nitrogens with zero attached hydrogens (tertiary/aromatic N) is 3. The smallest absolute Gasteiger partial charge is 0.239 e. The molecule has 27 heavy (non-hydrogen) atoms. The van der Waals surface area contributed by atoms with Crippen LogP contribution in [-0.4, -0.2) is 68.6 Å². The zero-order valence-electron chi connectivity index (χ0n) is 16.4. The van der Waals surface area contributed by atoms with Crippen molar-refractivity contribution in [3.8, 4) is 0 Å². The Hall–Kier alpha value is -1.60. The molecule has 1 amide bonds. The Bertz CT molecular complexity index is 753. The molecule has 1 saturated carbocycles. The van der Waals surface area contributed by atoms with Gasteiger partial charge in [0.05, 0.1) is 0 Å². The zero-order valence-corrected chi connectivity index (χ0v) is 17.2. The second-order valence-corrected chi connectivity index (χ2v) is 9.73. The summed E-state index contributed by atoms with van der Waals surface area (Å²) in [5.41, 5.74) is 2.32. The maximum absolute atomic E-state index is 12.8. The average Bonchev–Trinajstić information content (AvgIpc) is 3.45. The number of amides is 1. The third-order valence-electron chi connectivity index (χ3n) is 5.33. The Kier molecular flexibility index (Phi) is 6.42. The second-order valence-electron chi connectivity index (χ2n) is 7.76. The monoisotopic (exact) mass is 393 g/mol. The molecule has 1 saturated heterocycles. The summed E-state index contributed by atoms with van der Waals surface area (Å²) in [7, 11) is -3.56. The molecule has 0 bridgehead atoms. The number of carbonyl (C=O) groups excluding carboxylic acids is 1. The summed E-state index contributed by atoms with van der Waals surface area (Å²) < 4.78 is 27.0. The molecule has 0 radical (unpaired) electrons. The van der Waals surface area contributed by atoms with E-state index in [0.29, 0.717) is 45.2 Å². The van der Waals surface area contributed by atoms with Crippen molar-refractivity contribution in [2.45, 2.75) is 33.1 Å². The van der Waals surface area contributed by atoms with Crippen LogP contribution in [0, 0.1) is 12.8 Å². The standard InChI is InChI=1S/C20H31N3O3S/c1-3-9-22(15-18-7-8-18)20(24)16-27(25,26)23-12-10-21(11-13-23)19-6-4-5-17(2)14-19/h4-6,14,18H,3,7-13,15-16H2,1-2H3. The molecule has 0 unspecified atom stereocenters. The molecule has 0 spiro atoms. The summed E-state index contributed by atoms with van der Waals surface area (Å²) in [4.78, 5) is 16.5. The third kappa shape index (κ3) is 5.45. The van der Waals surface area contributed by atoms with E-state index in [1.54, 1.807) is 4.90 Å². The van der Waals surface area contributed by atoms with Crippen molar-refractivity contribution in [3.63, 3.8) is 0 Å². The summed E-state index contributed by atoms with van der Waals surface area (Å²) in [5, 5.41) is 0. The van der Waals surface area contributed by atoms with E-state index in [0.717, 1.165) is 24.9 Å². The minimum absolute atomic E-state index is 0.245. The topological polar surface area (TPSA) is 60.9 Å². The maximum Gasteiger partial charge on any atom is 0.239 e. The predicted octanol–water partition coefficient (Wildman–Crippen LogP) is 2.10. The quantitative estimate of drug-likeness (QED) is 0.679. The van der Waals surface area contributed by atoms with Gasteiger partial charge in [-0.05, 0) is 49.8 Å². The summed E-state index contributed by atoms with van der Waals surface area (Å²) >= 11 is 0. The summed E-state index contributed by atoms with van der Waals surface area (Å²) in [5.74, 6) is -0.0737. The summed E-state index contributed by atoms with van der Waals surface area (Å²) in [6.07, 6.45) is 3.16. The van der Waals surface area contributed by atoms with Crippen molar-refractivity contribution in [2.75, 3.05) is 49.9 Å². The van der Waals surface area contributed by atoms with Crippen molar-refractivity contribution in [1.29, 1.82) is 0 Å². The van der Waals surface area contributed by atoms with Crippen molar-refractivity contribution in [3.05, 3.63) is 29.8 Å². The predicted molar refractivity (Wildman–Crippen MR) is 108 cm³/mol. The van der Waals surface area contributed by atoms with Gasteiger partial charge in [0, 0.05) is 45.0 Å². The highest BCUT2D eigenvalue weighted by Gasteiger charge is 2.32. The van der Waals surface area contributed by atoms with Crippen LogP contribution in [0.5, 0.6) is 0 Å². The van der Waals surface area contributed by atoms with Crippen LogP contribution < -0.4 is 4.90 Å². The Labute approximate surface area is 163 Å². The lowest BCUT2D eigenvalue weighted by Crippen LogP contribution is -2.51. The molecule has 1 aromatic carbocycles. The number of piperazine rings is 1. The van der Waals surface area contributed by atoms with E-state index in [1.807, 2.05) is 13.0 Å². The van der Waals surface area contributed by atoms with Crippen LogP contribution in [0.3, 0.4) is 0 Å². The molecule has 2 fully saturated rings. The lowest BCUT2D eigenvalue weighted by molar-refractivity contribution is -0.128. The van der Waals surface area contributed by atoms with E-state index in [9.17, 15) is 13.2 Å². The molecule has 7 heteroatoms. The first-order valence-corrected chi connectivity index (χ1v) is 11.6. The van der Waals surface area contributed by atoms with Crippen LogP contribution >= 0.6 is 0 Å². The largest absolute Gasteiger partial charge is 0.369 e. The molecule has 1 aliphatic carbocycles. The van der Waals surface area contributed by atoms with E-state index in [-0.39, 0.29) is 5.91 Å². The van der Waals surface area contributed by atoms with Gasteiger partial charge in [0.1, 0.15) is 5.75 Å². The van der Waals surface area contributed by atoms with E-state index < -0.39 is 15.8 Å². The molecule has 0 N–H and O–H groups in total. The fourth-order valence-electron chi connectivity index (χ4n) is 3.59. The first-order chi connectivity index (χ1) is 12.9. The molecule has 150 valence electrons. The van der Waals surface area contributed by atoms with Gasteiger partial charge in [0.25, 0.3) is 0 Å². The molecule has 0 atom stereocenters. The fourth-order valence-corrected chi connectivity index (χ4v) is 4.98. The van der Waals surface area contributed by atoms with Gasteiger partial charge in [-0.1, -0.05) is 19.1 Å². The van der Waals surface area contributed by atoms with Crippen LogP contribution in [0.1, 0.15) is 31.7 Å². The van der Waals surface area contributed by atoms with Crippen LogP contribution in [0.4, 0.5) is 5.69 Å². The Morgan fingerprint density at radius 3 is 2.48 bits per heavy atom. The van der Waals surface area contributed by atoms with Crippen molar-refractivity contribution >= 4 is 21.6 Å². The van der Waals surface area contributed by atoms with Gasteiger partial charge in [-0.3, -0.25) is 4.79 Å². The highest BCUT2D eigenvalue weighted by molar-refractivity contribution is 7.89. The molecule has 2 aliphatic rings. The number of anilines is 1. The summed E-state index contributed by atoms with van der Waals surface area (Å²) in [6.45, 7) is 7.59. The first-order valence-electron chi connectivity index (χ1n) is 9.96. The van der Waals surface area contributed by atoms with E-state index in [2.05, 4.69) is 30.0 Å². The van der Waals surface area contributed by atoms with Gasteiger partial charge in [-0.25, -0.2) is 8.42 Å². The number of hydrogen-bond acceptors (Lipinski definition) is 4. The van der Waals surface area contributed by atoms with Crippen LogP contribution in [0.2, 0.25) is 0 Å². The van der Waals surface area contributed by atoms with Crippen LogP contribution in [-0.2, 0) is 14.8 Å². The van der Waals surface area contributed by atoms with Gasteiger partial charge in [0.2, 0.25) is 15.9 Å². The fraction of sp³-hybridized carbons (Fsp3) is 0.650. The van der Waals surface area contributed by atoms with E-state index in [1.165, 1.54) is 9.87 Å². The van der Waals surface area contributed by atoms with Crippen molar-refractivity contribution in [2.24, 2.45) is 5.92 Å². The van der Waals surface area contributed by atoms with Crippen molar-refractivity contribution in [1.82, 2.24) is 9.21 Å². The molecule has 1 aromatic rings. The SMILES string of the molecule is CCCN(CC1CC1)C(=O)CS(=O)(=O)N1CCN(c2cccc(C)c2)CC1. The normalized spacial score (nSPS) is 18.5. The number of sulfonamides is 1. The van der Waals surface area contributed by atoms with Gasteiger partial charge < -0.3 is 9.80 Å². The van der Waals surface area contributed by atoms with E-state index >= 15 is 0 Å². The molecule has 1 aliphatic heterocycles. The maximum atomic E-state index is 12.8. The number of rotatable bonds is 8. The number of aryl methyl sites for hydroxylation is 1. The first kappa shape index (κ1) is 20.1. The van der Waals surface area contributed by atoms with Gasteiger partial charge in [-0.15, -0.1) is 0 Å². The van der Waals surface area contributed by atoms with Gasteiger partial charge in [0.15, 0.2) is 0 Å². The number of carbonyl (C=O) groups is 1. The Morgan fingerprint density at radius 1 is 1.19 bits per heavy atom. The Morgan fingerprint density at radius 2 is 1.89 bits per heavy atom. The zero-order chi connectivity index (χ0) is 19.4. The van der Waals surface area contributed by atoms with E-state index in [4.69, 9.17) is 0 Å². The molecule has 3 rings (SSSR count). The minimum Gasteiger partial charge on any atom is -0.369 e. The van der Waals surface area contributed by atoms with Gasteiger partial charge >= 0.3 is 0 Å². The van der Waals surface area contributed by atoms with Crippen molar-refractivity contribution < 1.29 is 13.2 Å². The third-order valence-corrected chi connectivity index (χ3v) is 7.09. The minimum atomic E-state index is -3.56. The van der Waals surface area contributed by atoms with Gasteiger partial charge in [-0.2, -0.15) is 4.31 Å². The molecule has 6 nitrogen and oxygen atoms in total. The lowest BCUT2D eigenvalue weighted by Gasteiger charge is -2.35. The molecular weight excluding hydrogens is 362 g/mol. The van der Waals surface area contributed by atoms with Crippen LogP contribution in [0.15, 0.2) is 24.3 Å². The summed E-state index contributed by atoms with van der Waals surface area (Å²) in [6, 6.07) is 8.25. The highest BCUT2D eigenvalue weighted by Crippen LogP contribution is 2.30. The number of benzene rings is 1. The Balaban J connectivity index is 1.56.